The van der Waals surface area contributed by atoms with Crippen LogP contribution in [0.2, 0.25) is 5.02 Å². The van der Waals surface area contributed by atoms with E-state index in [0.717, 1.165) is 11.3 Å². The summed E-state index contributed by atoms with van der Waals surface area (Å²) in [5.41, 5.74) is 1.93. The quantitative estimate of drug-likeness (QED) is 0.848. The van der Waals surface area contributed by atoms with Crippen LogP contribution in [0.15, 0.2) is 34.4 Å². The summed E-state index contributed by atoms with van der Waals surface area (Å²) in [4.78, 5) is 25.4. The van der Waals surface area contributed by atoms with Crippen molar-refractivity contribution in [1.29, 1.82) is 0 Å². The number of halogens is 1. The number of thiazole rings is 1. The standard InChI is InChI=1S/C15H17ClN2O2S/c1-11-10-21-15(20)18(11)8-7-14(19)17(2)9-12-3-5-13(16)6-4-12/h3-6,10H,7-9H2,1-2H3. The molecule has 0 saturated carbocycles. The molecule has 0 spiro atoms. The van der Waals surface area contributed by atoms with Crippen LogP contribution >= 0.6 is 22.9 Å². The van der Waals surface area contributed by atoms with Gasteiger partial charge in [-0.3, -0.25) is 9.59 Å². The Labute approximate surface area is 132 Å². The van der Waals surface area contributed by atoms with Crippen LogP contribution in [-0.4, -0.2) is 22.4 Å². The highest BCUT2D eigenvalue weighted by atomic mass is 35.5. The lowest BCUT2D eigenvalue weighted by Crippen LogP contribution is -2.28. The number of rotatable bonds is 5. The number of nitrogens with zero attached hydrogens (tertiary/aromatic N) is 2. The van der Waals surface area contributed by atoms with Gasteiger partial charge < -0.3 is 9.47 Å². The highest BCUT2D eigenvalue weighted by Crippen LogP contribution is 2.11. The minimum Gasteiger partial charge on any atom is -0.341 e. The Bertz CT molecular complexity index is 676. The molecule has 1 amide bonds. The fourth-order valence-electron chi connectivity index (χ4n) is 2.02. The highest BCUT2D eigenvalue weighted by Gasteiger charge is 2.11. The van der Waals surface area contributed by atoms with E-state index in [1.54, 1.807) is 16.5 Å². The van der Waals surface area contributed by atoms with Gasteiger partial charge in [-0.25, -0.2) is 0 Å². The van der Waals surface area contributed by atoms with Gasteiger partial charge in [-0.2, -0.15) is 0 Å². The average molecular weight is 325 g/mol. The Morgan fingerprint density at radius 2 is 2.00 bits per heavy atom. The normalized spacial score (nSPS) is 10.6. The fraction of sp³-hybridized carbons (Fsp3) is 0.333. The van der Waals surface area contributed by atoms with E-state index in [0.29, 0.717) is 24.5 Å². The molecule has 112 valence electrons. The van der Waals surface area contributed by atoms with Crippen molar-refractivity contribution < 1.29 is 4.79 Å². The van der Waals surface area contributed by atoms with Gasteiger partial charge in [0.25, 0.3) is 0 Å². The van der Waals surface area contributed by atoms with Crippen LogP contribution in [0, 0.1) is 6.92 Å². The predicted molar refractivity (Wildman–Crippen MR) is 85.9 cm³/mol. The molecule has 0 saturated heterocycles. The minimum atomic E-state index is -0.0133. The number of benzene rings is 1. The molecule has 0 unspecified atom stereocenters. The lowest BCUT2D eigenvalue weighted by Gasteiger charge is -2.17. The molecule has 2 aromatic rings. The number of amides is 1. The Morgan fingerprint density at radius 3 is 2.57 bits per heavy atom. The molecule has 6 heteroatoms. The largest absolute Gasteiger partial charge is 0.341 e. The molecule has 2 rings (SSSR count). The van der Waals surface area contributed by atoms with Gasteiger partial charge in [0.1, 0.15) is 0 Å². The minimum absolute atomic E-state index is 0.0133. The van der Waals surface area contributed by atoms with Gasteiger partial charge in [0.2, 0.25) is 5.91 Å². The molecule has 1 heterocycles. The van der Waals surface area contributed by atoms with E-state index in [9.17, 15) is 9.59 Å². The van der Waals surface area contributed by atoms with E-state index in [4.69, 9.17) is 11.6 Å². The lowest BCUT2D eigenvalue weighted by atomic mass is 10.2. The average Bonchev–Trinajstić information content (AvgIpc) is 2.78. The molecule has 0 N–H and O–H groups in total. The van der Waals surface area contributed by atoms with Crippen LogP contribution in [0.1, 0.15) is 17.7 Å². The first kappa shape index (κ1) is 15.8. The third kappa shape index (κ3) is 4.19. The van der Waals surface area contributed by atoms with Crippen molar-refractivity contribution in [1.82, 2.24) is 9.47 Å². The second-order valence-electron chi connectivity index (χ2n) is 4.92. The molecule has 0 aliphatic heterocycles. The maximum Gasteiger partial charge on any atom is 0.307 e. The maximum absolute atomic E-state index is 12.1. The zero-order valence-corrected chi connectivity index (χ0v) is 13.6. The Morgan fingerprint density at radius 1 is 1.33 bits per heavy atom. The Kier molecular flexibility index (Phi) is 5.20. The summed E-state index contributed by atoms with van der Waals surface area (Å²) in [6, 6.07) is 7.42. The number of hydrogen-bond donors (Lipinski definition) is 0. The molecule has 0 aliphatic carbocycles. The van der Waals surface area contributed by atoms with Crippen molar-refractivity contribution >= 4 is 28.8 Å². The zero-order chi connectivity index (χ0) is 15.4. The van der Waals surface area contributed by atoms with Gasteiger partial charge in [0.05, 0.1) is 0 Å². The molecular weight excluding hydrogens is 308 g/mol. The Hall–Kier alpha value is -1.59. The van der Waals surface area contributed by atoms with Crippen molar-refractivity contribution in [2.24, 2.45) is 0 Å². The molecule has 1 aromatic heterocycles. The molecule has 4 nitrogen and oxygen atoms in total. The van der Waals surface area contributed by atoms with Crippen LogP contribution < -0.4 is 4.87 Å². The van der Waals surface area contributed by atoms with E-state index in [1.807, 2.05) is 36.6 Å². The number of hydrogen-bond acceptors (Lipinski definition) is 3. The molecule has 21 heavy (non-hydrogen) atoms. The molecule has 0 fully saturated rings. The maximum atomic E-state index is 12.1. The van der Waals surface area contributed by atoms with Crippen LogP contribution in [0.5, 0.6) is 0 Å². The summed E-state index contributed by atoms with van der Waals surface area (Å²) in [5.74, 6) is 0.0162. The van der Waals surface area contributed by atoms with Crippen LogP contribution in [-0.2, 0) is 17.9 Å². The van der Waals surface area contributed by atoms with E-state index in [1.165, 1.54) is 11.3 Å². The first-order valence-corrected chi connectivity index (χ1v) is 7.86. The predicted octanol–water partition coefficient (Wildman–Crippen LogP) is 2.92. The van der Waals surface area contributed by atoms with E-state index in [-0.39, 0.29) is 10.8 Å². The number of carbonyl (C=O) groups is 1. The topological polar surface area (TPSA) is 42.3 Å². The molecule has 0 radical (unpaired) electrons. The van der Waals surface area contributed by atoms with Crippen molar-refractivity contribution in [3.63, 3.8) is 0 Å². The Balaban J connectivity index is 1.91. The van der Waals surface area contributed by atoms with Crippen LogP contribution in [0.4, 0.5) is 0 Å². The van der Waals surface area contributed by atoms with Crippen molar-refractivity contribution in [3.8, 4) is 0 Å². The van der Waals surface area contributed by atoms with Gasteiger partial charge in [-0.05, 0) is 24.6 Å². The summed E-state index contributed by atoms with van der Waals surface area (Å²) in [5, 5.41) is 2.49. The van der Waals surface area contributed by atoms with Crippen molar-refractivity contribution in [2.45, 2.75) is 26.4 Å². The van der Waals surface area contributed by atoms with Gasteiger partial charge in [0, 0.05) is 42.7 Å². The molecular formula is C15H17ClN2O2S. The summed E-state index contributed by atoms with van der Waals surface area (Å²) in [7, 11) is 1.76. The van der Waals surface area contributed by atoms with Crippen LogP contribution in [0.3, 0.4) is 0 Å². The highest BCUT2D eigenvalue weighted by molar-refractivity contribution is 7.07. The van der Waals surface area contributed by atoms with Gasteiger partial charge in [-0.15, -0.1) is 0 Å². The fourth-order valence-corrected chi connectivity index (χ4v) is 2.91. The molecule has 0 bridgehead atoms. The van der Waals surface area contributed by atoms with Gasteiger partial charge in [0.15, 0.2) is 0 Å². The summed E-state index contributed by atoms with van der Waals surface area (Å²) in [6.45, 7) is 2.84. The monoisotopic (exact) mass is 324 g/mol. The lowest BCUT2D eigenvalue weighted by molar-refractivity contribution is -0.130. The van der Waals surface area contributed by atoms with E-state index < -0.39 is 0 Å². The second kappa shape index (κ2) is 6.91. The van der Waals surface area contributed by atoms with Gasteiger partial charge in [-0.1, -0.05) is 35.1 Å². The smallest absolute Gasteiger partial charge is 0.307 e. The summed E-state index contributed by atoms with van der Waals surface area (Å²) in [6.07, 6.45) is 0.321. The molecule has 0 aliphatic rings. The second-order valence-corrected chi connectivity index (χ2v) is 6.18. The zero-order valence-electron chi connectivity index (χ0n) is 12.0. The number of aryl methyl sites for hydroxylation is 1. The third-order valence-corrected chi connectivity index (χ3v) is 4.42. The first-order chi connectivity index (χ1) is 9.97. The van der Waals surface area contributed by atoms with Crippen LogP contribution in [0.25, 0.3) is 0 Å². The van der Waals surface area contributed by atoms with E-state index in [2.05, 4.69) is 0 Å². The summed E-state index contributed by atoms with van der Waals surface area (Å²) >= 11 is 7.00. The van der Waals surface area contributed by atoms with Crippen molar-refractivity contribution in [2.75, 3.05) is 7.05 Å². The SMILES string of the molecule is Cc1csc(=O)n1CCC(=O)N(C)Cc1ccc(Cl)cc1. The molecule has 1 aromatic carbocycles. The number of carbonyl (C=O) groups excluding carboxylic acids is 1. The summed E-state index contributed by atoms with van der Waals surface area (Å²) < 4.78 is 1.64. The van der Waals surface area contributed by atoms with Crippen molar-refractivity contribution in [3.05, 3.63) is 55.6 Å². The molecule has 0 atom stereocenters. The third-order valence-electron chi connectivity index (χ3n) is 3.28. The number of aromatic nitrogens is 1. The van der Waals surface area contributed by atoms with E-state index >= 15 is 0 Å². The first-order valence-electron chi connectivity index (χ1n) is 6.60. The van der Waals surface area contributed by atoms with Gasteiger partial charge >= 0.3 is 4.87 Å².